The minimum atomic E-state index is -4.40. The Bertz CT molecular complexity index is 1210. The van der Waals surface area contributed by atoms with Gasteiger partial charge in [0, 0.05) is 35.2 Å². The summed E-state index contributed by atoms with van der Waals surface area (Å²) in [4.78, 5) is 18.0. The highest BCUT2D eigenvalue weighted by atomic mass is 32.2. The van der Waals surface area contributed by atoms with Crippen molar-refractivity contribution in [1.82, 2.24) is 14.7 Å². The van der Waals surface area contributed by atoms with Gasteiger partial charge < -0.3 is 14.5 Å². The summed E-state index contributed by atoms with van der Waals surface area (Å²) in [5, 5.41) is 2.77. The van der Waals surface area contributed by atoms with Crippen molar-refractivity contribution >= 4 is 23.3 Å². The van der Waals surface area contributed by atoms with Crippen molar-refractivity contribution in [2.75, 3.05) is 6.61 Å². The molecule has 0 aliphatic carbocycles. The molecule has 1 amide bonds. The van der Waals surface area contributed by atoms with Crippen LogP contribution in [-0.4, -0.2) is 28.1 Å². The van der Waals surface area contributed by atoms with Crippen molar-refractivity contribution in [3.05, 3.63) is 95.9 Å². The van der Waals surface area contributed by atoms with E-state index in [2.05, 4.69) is 10.3 Å². The van der Waals surface area contributed by atoms with E-state index in [1.165, 1.54) is 12.1 Å². The second kappa shape index (κ2) is 9.99. The van der Waals surface area contributed by atoms with Crippen LogP contribution in [0.2, 0.25) is 0 Å². The number of halogens is 3. The second-order valence-corrected chi connectivity index (χ2v) is 8.29. The second-order valence-electron chi connectivity index (χ2n) is 7.25. The number of thioether (sulfide) groups is 1. The summed E-state index contributed by atoms with van der Waals surface area (Å²) in [6, 6.07) is 19.3. The molecule has 5 nitrogen and oxygen atoms in total. The van der Waals surface area contributed by atoms with Gasteiger partial charge in [0.05, 0.1) is 5.69 Å². The van der Waals surface area contributed by atoms with E-state index in [-0.39, 0.29) is 18.2 Å². The molecule has 0 atom stereocenters. The first-order chi connectivity index (χ1) is 15.9. The lowest BCUT2D eigenvalue weighted by atomic mass is 10.2. The summed E-state index contributed by atoms with van der Waals surface area (Å²) < 4.78 is 43.6. The molecule has 2 aromatic heterocycles. The summed E-state index contributed by atoms with van der Waals surface area (Å²) in [5.41, 5.74) is 3.01. The zero-order valence-electron chi connectivity index (χ0n) is 17.4. The number of carbonyl (C=O) groups is 1. The minimum absolute atomic E-state index is 0.103. The number of hydrogen-bond donors (Lipinski definition) is 1. The van der Waals surface area contributed by atoms with Crippen LogP contribution in [0.4, 0.5) is 13.2 Å². The van der Waals surface area contributed by atoms with Gasteiger partial charge in [0.25, 0.3) is 5.91 Å². The average molecular weight is 472 g/mol. The zero-order chi connectivity index (χ0) is 23.3. The molecule has 0 aliphatic heterocycles. The molecule has 2 aromatic carbocycles. The van der Waals surface area contributed by atoms with Gasteiger partial charge in [-0.05, 0) is 54.1 Å². The Morgan fingerprint density at radius 2 is 1.88 bits per heavy atom. The highest BCUT2D eigenvalue weighted by molar-refractivity contribution is 7.98. The molecule has 2 heterocycles. The van der Waals surface area contributed by atoms with Gasteiger partial charge in [0.15, 0.2) is 6.61 Å². The predicted molar refractivity (Wildman–Crippen MR) is 120 cm³/mol. The van der Waals surface area contributed by atoms with Crippen LogP contribution in [-0.2, 0) is 12.3 Å². The van der Waals surface area contributed by atoms with E-state index in [1.807, 2.05) is 47.1 Å². The molecule has 33 heavy (non-hydrogen) atoms. The van der Waals surface area contributed by atoms with Crippen LogP contribution in [0.15, 0.2) is 84.0 Å². The number of aromatic nitrogens is 2. The summed E-state index contributed by atoms with van der Waals surface area (Å²) >= 11 is 1.63. The number of hydrogen-bond acceptors (Lipinski definition) is 4. The number of carbonyl (C=O) groups excluding carboxylic acids is 1. The van der Waals surface area contributed by atoms with Gasteiger partial charge in [-0.1, -0.05) is 18.2 Å². The fraction of sp³-hybridized carbons (Fsp3) is 0.167. The number of alkyl halides is 3. The fourth-order valence-corrected chi connectivity index (χ4v) is 3.89. The van der Waals surface area contributed by atoms with Crippen molar-refractivity contribution in [3.63, 3.8) is 0 Å². The molecule has 0 bridgehead atoms. The number of nitrogens with zero attached hydrogens (tertiary/aromatic N) is 2. The van der Waals surface area contributed by atoms with E-state index in [1.54, 1.807) is 36.0 Å². The standard InChI is InChI=1S/C24H20F3N3O2S/c25-24(26,27)16-32-20-5-3-4-17(12-20)13-28-23(31)18-7-9-21(10-8-18)33-15-19-14-30-11-2-1-6-22(30)29-19/h1-12,14H,13,15-16H2,(H,28,31). The van der Waals surface area contributed by atoms with Crippen LogP contribution >= 0.6 is 11.8 Å². The molecule has 9 heteroatoms. The molecule has 0 fully saturated rings. The molecule has 0 radical (unpaired) electrons. The molecule has 0 spiro atoms. The summed E-state index contributed by atoms with van der Waals surface area (Å²) in [7, 11) is 0. The Labute approximate surface area is 192 Å². The van der Waals surface area contributed by atoms with E-state index < -0.39 is 12.8 Å². The number of rotatable bonds is 8. The van der Waals surface area contributed by atoms with Gasteiger partial charge >= 0.3 is 6.18 Å². The molecule has 0 saturated heterocycles. The Hall–Kier alpha value is -3.46. The smallest absolute Gasteiger partial charge is 0.422 e. The molecule has 170 valence electrons. The van der Waals surface area contributed by atoms with E-state index in [9.17, 15) is 18.0 Å². The summed E-state index contributed by atoms with van der Waals surface area (Å²) in [6.07, 6.45) is -0.454. The Morgan fingerprint density at radius 3 is 2.64 bits per heavy atom. The van der Waals surface area contributed by atoms with Crippen LogP contribution in [0.5, 0.6) is 5.75 Å². The molecule has 4 rings (SSSR count). The van der Waals surface area contributed by atoms with Gasteiger partial charge in [-0.15, -0.1) is 11.8 Å². The number of benzene rings is 2. The molecular formula is C24H20F3N3O2S. The van der Waals surface area contributed by atoms with Crippen LogP contribution in [0.3, 0.4) is 0 Å². The molecule has 0 aliphatic rings. The number of pyridine rings is 1. The SMILES string of the molecule is O=C(NCc1cccc(OCC(F)(F)F)c1)c1ccc(SCc2cn3ccccc3n2)cc1. The summed E-state index contributed by atoms with van der Waals surface area (Å²) in [6.45, 7) is -1.18. The van der Waals surface area contributed by atoms with Gasteiger partial charge in [0.2, 0.25) is 0 Å². The first-order valence-corrected chi connectivity index (χ1v) is 11.1. The zero-order valence-corrected chi connectivity index (χ0v) is 18.2. The topological polar surface area (TPSA) is 55.6 Å². The minimum Gasteiger partial charge on any atom is -0.484 e. The molecule has 1 N–H and O–H groups in total. The van der Waals surface area contributed by atoms with Gasteiger partial charge in [-0.25, -0.2) is 4.98 Å². The fourth-order valence-electron chi connectivity index (χ4n) is 3.11. The lowest BCUT2D eigenvalue weighted by Gasteiger charge is -2.11. The van der Waals surface area contributed by atoms with Crippen molar-refractivity contribution in [2.45, 2.75) is 23.4 Å². The Morgan fingerprint density at radius 1 is 1.06 bits per heavy atom. The number of amides is 1. The molecule has 0 saturated carbocycles. The van der Waals surface area contributed by atoms with Crippen molar-refractivity contribution in [3.8, 4) is 5.75 Å². The van der Waals surface area contributed by atoms with Crippen LogP contribution in [0, 0.1) is 0 Å². The first kappa shape index (κ1) is 22.7. The molecule has 0 unspecified atom stereocenters. The van der Waals surface area contributed by atoms with E-state index in [4.69, 9.17) is 4.74 Å². The largest absolute Gasteiger partial charge is 0.484 e. The van der Waals surface area contributed by atoms with E-state index in [0.717, 1.165) is 16.2 Å². The molecular weight excluding hydrogens is 451 g/mol. The third kappa shape index (κ3) is 6.52. The Balaban J connectivity index is 1.28. The van der Waals surface area contributed by atoms with Gasteiger partial charge in [-0.3, -0.25) is 4.79 Å². The maximum atomic E-state index is 12.4. The first-order valence-electron chi connectivity index (χ1n) is 10.1. The monoisotopic (exact) mass is 471 g/mol. The maximum Gasteiger partial charge on any atom is 0.422 e. The quantitative estimate of drug-likeness (QED) is 0.345. The predicted octanol–water partition coefficient (Wildman–Crippen LogP) is 5.50. The normalized spacial score (nSPS) is 11.5. The Kier molecular flexibility index (Phi) is 6.88. The van der Waals surface area contributed by atoms with Crippen molar-refractivity contribution in [1.29, 1.82) is 0 Å². The number of ether oxygens (including phenoxy) is 1. The lowest BCUT2D eigenvalue weighted by Crippen LogP contribution is -2.23. The van der Waals surface area contributed by atoms with Crippen LogP contribution < -0.4 is 10.1 Å². The van der Waals surface area contributed by atoms with Gasteiger partial charge in [-0.2, -0.15) is 13.2 Å². The van der Waals surface area contributed by atoms with Gasteiger partial charge in [0.1, 0.15) is 11.4 Å². The third-order valence-electron chi connectivity index (χ3n) is 4.67. The van der Waals surface area contributed by atoms with Crippen LogP contribution in [0.1, 0.15) is 21.6 Å². The van der Waals surface area contributed by atoms with Crippen molar-refractivity contribution in [2.24, 2.45) is 0 Å². The summed E-state index contributed by atoms with van der Waals surface area (Å²) in [5.74, 6) is 0.541. The average Bonchev–Trinajstić information content (AvgIpc) is 3.23. The maximum absolute atomic E-state index is 12.4. The number of nitrogens with one attached hydrogen (secondary N) is 1. The van der Waals surface area contributed by atoms with Crippen LogP contribution in [0.25, 0.3) is 5.65 Å². The third-order valence-corrected chi connectivity index (χ3v) is 5.72. The van der Waals surface area contributed by atoms with E-state index >= 15 is 0 Å². The van der Waals surface area contributed by atoms with Crippen molar-refractivity contribution < 1.29 is 22.7 Å². The highest BCUT2D eigenvalue weighted by Gasteiger charge is 2.28. The molecule has 4 aromatic rings. The lowest BCUT2D eigenvalue weighted by molar-refractivity contribution is -0.153. The highest BCUT2D eigenvalue weighted by Crippen LogP contribution is 2.23. The number of imidazole rings is 1. The van der Waals surface area contributed by atoms with E-state index in [0.29, 0.717) is 16.9 Å². The number of fused-ring (bicyclic) bond motifs is 1.